The minimum atomic E-state index is -0.854. The fourth-order valence-electron chi connectivity index (χ4n) is 4.69. The third-order valence-electron chi connectivity index (χ3n) is 5.89. The first kappa shape index (κ1) is 14.7. The molecule has 5 heteroatoms. The molecule has 0 spiro atoms. The van der Waals surface area contributed by atoms with E-state index in [1.807, 2.05) is 13.8 Å². The van der Waals surface area contributed by atoms with E-state index in [0.717, 1.165) is 25.7 Å². The van der Waals surface area contributed by atoms with E-state index in [9.17, 15) is 10.4 Å². The normalized spacial score (nSPS) is 56.0. The molecule has 2 heterocycles. The largest absolute Gasteiger partial charge is 0.368 e. The lowest BCUT2D eigenvalue weighted by Crippen LogP contribution is -2.67. The third-order valence-corrected chi connectivity index (χ3v) is 5.89. The molecule has 2 N–H and O–H groups in total. The molecule has 0 unspecified atom stereocenters. The maximum atomic E-state index is 10.1. The molecule has 0 bridgehead atoms. The van der Waals surface area contributed by atoms with E-state index in [1.165, 1.54) is 0 Å². The molecular weight excluding hydrogens is 260 g/mol. The zero-order valence-electron chi connectivity index (χ0n) is 12.5. The molecule has 1 saturated carbocycles. The predicted octanol–water partition coefficient (Wildman–Crippen LogP) is 2.39. The third kappa shape index (κ3) is 1.95. The molecule has 0 radical (unpaired) electrons. The zero-order valence-corrected chi connectivity index (χ0v) is 12.5. The summed E-state index contributed by atoms with van der Waals surface area (Å²) in [6.45, 7) is 6.19. The van der Waals surface area contributed by atoms with Crippen molar-refractivity contribution in [1.29, 1.82) is 0 Å². The van der Waals surface area contributed by atoms with Crippen molar-refractivity contribution in [3.8, 4) is 0 Å². The van der Waals surface area contributed by atoms with Gasteiger partial charge < -0.3 is 14.6 Å². The smallest absolute Gasteiger partial charge is 0.193 e. The fourth-order valence-corrected chi connectivity index (χ4v) is 4.69. The van der Waals surface area contributed by atoms with Crippen LogP contribution in [-0.2, 0) is 14.4 Å². The van der Waals surface area contributed by atoms with Crippen molar-refractivity contribution in [3.05, 3.63) is 0 Å². The number of hydrogen-bond donors (Lipinski definition) is 2. The summed E-state index contributed by atoms with van der Waals surface area (Å²) in [7, 11) is 0. The lowest BCUT2D eigenvalue weighted by atomic mass is 9.58. The van der Waals surface area contributed by atoms with Gasteiger partial charge >= 0.3 is 0 Å². The van der Waals surface area contributed by atoms with E-state index in [-0.39, 0.29) is 23.9 Å². The van der Waals surface area contributed by atoms with Crippen LogP contribution >= 0.6 is 0 Å². The molecule has 3 fully saturated rings. The molecule has 5 nitrogen and oxygen atoms in total. The SMILES string of the molecule is C[C@H]1[C@@H](O)O[C@@H]2O[C@@H](C)CC[C@H]3[C@H](C)CC[C@@H]1[C@@]23OO. The van der Waals surface area contributed by atoms with Crippen LogP contribution in [-0.4, -0.2) is 34.6 Å². The second-order valence-corrected chi connectivity index (χ2v) is 6.95. The topological polar surface area (TPSA) is 68.2 Å². The molecule has 20 heavy (non-hydrogen) atoms. The van der Waals surface area contributed by atoms with Crippen molar-refractivity contribution >= 4 is 0 Å². The second kappa shape index (κ2) is 5.21. The van der Waals surface area contributed by atoms with Crippen molar-refractivity contribution in [3.63, 3.8) is 0 Å². The Kier molecular flexibility index (Phi) is 3.84. The molecule has 2 aliphatic heterocycles. The minimum Gasteiger partial charge on any atom is -0.368 e. The van der Waals surface area contributed by atoms with Crippen LogP contribution in [0, 0.1) is 23.7 Å². The Morgan fingerprint density at radius 3 is 2.40 bits per heavy atom. The summed E-state index contributed by atoms with van der Waals surface area (Å²) in [5.41, 5.74) is -0.832. The summed E-state index contributed by atoms with van der Waals surface area (Å²) in [4.78, 5) is 5.11. The van der Waals surface area contributed by atoms with Crippen LogP contribution in [0.3, 0.4) is 0 Å². The minimum absolute atomic E-state index is 0.0473. The average molecular weight is 286 g/mol. The molecule has 1 aliphatic carbocycles. The maximum absolute atomic E-state index is 10.1. The Bertz CT molecular complexity index is 358. The first-order valence-electron chi connectivity index (χ1n) is 7.82. The number of ether oxygens (including phenoxy) is 2. The van der Waals surface area contributed by atoms with Crippen LogP contribution in [0.25, 0.3) is 0 Å². The standard InChI is InChI=1S/C15H26O5/c1-8-4-6-12-10(3)13(16)19-14-15(12,20-17)11(8)7-5-9(2)18-14/h8-14,16-17H,4-7H2,1-3H3/t8-,9+,10-,11+,12+,13+,14+,15-/m1/s1. The van der Waals surface area contributed by atoms with Crippen LogP contribution in [0.5, 0.6) is 0 Å². The molecular formula is C15H26O5. The van der Waals surface area contributed by atoms with Gasteiger partial charge in [-0.1, -0.05) is 13.8 Å². The predicted molar refractivity (Wildman–Crippen MR) is 71.6 cm³/mol. The Balaban J connectivity index is 2.04. The van der Waals surface area contributed by atoms with Crippen LogP contribution < -0.4 is 0 Å². The Hall–Kier alpha value is -0.200. The zero-order chi connectivity index (χ0) is 14.5. The van der Waals surface area contributed by atoms with Crippen LogP contribution in [0.2, 0.25) is 0 Å². The Morgan fingerprint density at radius 2 is 1.70 bits per heavy atom. The highest BCUT2D eigenvalue weighted by atomic mass is 17.1. The molecule has 0 aromatic heterocycles. The van der Waals surface area contributed by atoms with E-state index in [4.69, 9.17) is 14.4 Å². The van der Waals surface area contributed by atoms with Gasteiger partial charge in [-0.15, -0.1) is 0 Å². The second-order valence-electron chi connectivity index (χ2n) is 6.95. The van der Waals surface area contributed by atoms with Gasteiger partial charge in [0.15, 0.2) is 18.2 Å². The molecule has 2 saturated heterocycles. The van der Waals surface area contributed by atoms with E-state index in [2.05, 4.69) is 6.92 Å². The highest BCUT2D eigenvalue weighted by Crippen LogP contribution is 2.56. The van der Waals surface area contributed by atoms with E-state index in [1.54, 1.807) is 0 Å². The summed E-state index contributed by atoms with van der Waals surface area (Å²) in [5.74, 6) is 0.662. The first-order valence-corrected chi connectivity index (χ1v) is 7.82. The van der Waals surface area contributed by atoms with Gasteiger partial charge in [-0.2, -0.15) is 0 Å². The molecule has 3 aliphatic rings. The van der Waals surface area contributed by atoms with Crippen molar-refractivity contribution in [2.75, 3.05) is 0 Å². The van der Waals surface area contributed by atoms with Gasteiger partial charge in [-0.25, -0.2) is 4.89 Å². The summed E-state index contributed by atoms with van der Waals surface area (Å²) >= 11 is 0. The van der Waals surface area contributed by atoms with Crippen LogP contribution in [0.15, 0.2) is 0 Å². The molecule has 8 atom stereocenters. The Morgan fingerprint density at radius 1 is 1.00 bits per heavy atom. The van der Waals surface area contributed by atoms with Gasteiger partial charge in [0, 0.05) is 11.8 Å². The average Bonchev–Trinajstić information content (AvgIpc) is 2.56. The molecule has 0 aromatic rings. The lowest BCUT2D eigenvalue weighted by molar-refractivity contribution is -0.457. The molecule has 3 rings (SSSR count). The number of hydrogen-bond acceptors (Lipinski definition) is 5. The van der Waals surface area contributed by atoms with E-state index < -0.39 is 18.2 Å². The summed E-state index contributed by atoms with van der Waals surface area (Å²) in [5, 5.41) is 19.9. The van der Waals surface area contributed by atoms with Crippen LogP contribution in [0.1, 0.15) is 46.5 Å². The van der Waals surface area contributed by atoms with Crippen molar-refractivity contribution in [1.82, 2.24) is 0 Å². The fraction of sp³-hybridized carbons (Fsp3) is 1.00. The van der Waals surface area contributed by atoms with Gasteiger partial charge in [0.25, 0.3) is 0 Å². The van der Waals surface area contributed by atoms with Crippen LogP contribution in [0.4, 0.5) is 0 Å². The van der Waals surface area contributed by atoms with Gasteiger partial charge in [0.05, 0.1) is 6.10 Å². The van der Waals surface area contributed by atoms with E-state index >= 15 is 0 Å². The number of aliphatic hydroxyl groups is 1. The van der Waals surface area contributed by atoms with Crippen molar-refractivity contribution in [2.45, 2.75) is 70.7 Å². The van der Waals surface area contributed by atoms with Gasteiger partial charge in [0.2, 0.25) is 0 Å². The van der Waals surface area contributed by atoms with Gasteiger partial charge in [-0.05, 0) is 44.4 Å². The van der Waals surface area contributed by atoms with Crippen molar-refractivity contribution in [2.24, 2.45) is 23.7 Å². The van der Waals surface area contributed by atoms with Gasteiger partial charge in [-0.3, -0.25) is 5.26 Å². The highest BCUT2D eigenvalue weighted by Gasteiger charge is 2.64. The van der Waals surface area contributed by atoms with E-state index in [0.29, 0.717) is 5.92 Å². The van der Waals surface area contributed by atoms with Gasteiger partial charge in [0.1, 0.15) is 0 Å². The maximum Gasteiger partial charge on any atom is 0.193 e. The Labute approximate surface area is 120 Å². The summed E-state index contributed by atoms with van der Waals surface area (Å²) < 4.78 is 11.6. The molecule has 0 aromatic carbocycles. The first-order chi connectivity index (χ1) is 9.50. The number of rotatable bonds is 1. The number of aliphatic hydroxyl groups excluding tert-OH is 1. The summed E-state index contributed by atoms with van der Waals surface area (Å²) in [6.07, 6.45) is 2.42. The highest BCUT2D eigenvalue weighted by molar-refractivity contribution is 5.07. The lowest BCUT2D eigenvalue weighted by Gasteiger charge is -2.57. The molecule has 116 valence electrons. The molecule has 0 amide bonds. The van der Waals surface area contributed by atoms with Crippen molar-refractivity contribution < 1.29 is 24.7 Å². The monoisotopic (exact) mass is 286 g/mol. The summed E-state index contributed by atoms with van der Waals surface area (Å²) in [6, 6.07) is 0. The quantitative estimate of drug-likeness (QED) is 0.572.